The molecule has 4 rings (SSSR count). The minimum absolute atomic E-state index is 0.155. The number of benzene rings is 1. The first-order chi connectivity index (χ1) is 14.8. The SMILES string of the molecule is C=CCn1cnc2oc(C)c(C(=O)NCCc3c(C)[nH]c4c(C)ccc(Cl)c34)c2c1=O. The molecule has 7 nitrogen and oxygen atoms in total. The number of carbonyl (C=O) groups excluding carboxylic acids is 1. The summed E-state index contributed by atoms with van der Waals surface area (Å²) in [6, 6.07) is 3.86. The number of halogens is 1. The number of aromatic amines is 1. The number of H-pyrrole nitrogens is 1. The third kappa shape index (κ3) is 3.55. The minimum Gasteiger partial charge on any atom is -0.442 e. The molecule has 0 aliphatic rings. The first-order valence-electron chi connectivity index (χ1n) is 9.97. The molecule has 3 aromatic heterocycles. The van der Waals surface area contributed by atoms with Gasteiger partial charge in [0.05, 0.1) is 16.1 Å². The molecular formula is C23H23ClN4O3. The van der Waals surface area contributed by atoms with Crippen molar-refractivity contribution >= 4 is 39.5 Å². The average molecular weight is 439 g/mol. The van der Waals surface area contributed by atoms with Crippen LogP contribution in [-0.2, 0) is 13.0 Å². The summed E-state index contributed by atoms with van der Waals surface area (Å²) in [4.78, 5) is 33.3. The van der Waals surface area contributed by atoms with E-state index in [-0.39, 0.29) is 28.1 Å². The number of nitrogens with zero attached hydrogens (tertiary/aromatic N) is 2. The van der Waals surface area contributed by atoms with Crippen molar-refractivity contribution < 1.29 is 9.21 Å². The number of carbonyl (C=O) groups is 1. The Bertz CT molecular complexity index is 1390. The van der Waals surface area contributed by atoms with Crippen LogP contribution in [0.3, 0.4) is 0 Å². The topological polar surface area (TPSA) is 92.9 Å². The molecule has 31 heavy (non-hydrogen) atoms. The standard InChI is InChI=1S/C23H23ClN4O3/c1-5-10-28-11-26-22-19(23(28)30)17(14(4)31-22)21(29)25-9-8-15-13(3)27-20-12(2)6-7-16(24)18(15)20/h5-7,11,27H,1,8-10H2,2-4H3,(H,25,29). The van der Waals surface area contributed by atoms with Gasteiger partial charge in [-0.3, -0.25) is 14.2 Å². The van der Waals surface area contributed by atoms with Gasteiger partial charge < -0.3 is 14.7 Å². The maximum atomic E-state index is 13.0. The molecule has 0 spiro atoms. The third-order valence-electron chi connectivity index (χ3n) is 5.50. The third-order valence-corrected chi connectivity index (χ3v) is 5.81. The quantitative estimate of drug-likeness (QED) is 0.441. The van der Waals surface area contributed by atoms with Crippen LogP contribution in [0.2, 0.25) is 5.02 Å². The van der Waals surface area contributed by atoms with Crippen molar-refractivity contribution in [3.63, 3.8) is 0 Å². The van der Waals surface area contributed by atoms with Crippen molar-refractivity contribution in [3.05, 3.63) is 74.6 Å². The van der Waals surface area contributed by atoms with Crippen LogP contribution in [0.5, 0.6) is 0 Å². The molecule has 0 saturated carbocycles. The van der Waals surface area contributed by atoms with Crippen molar-refractivity contribution in [1.82, 2.24) is 19.9 Å². The van der Waals surface area contributed by atoms with Gasteiger partial charge in [0.15, 0.2) is 0 Å². The zero-order valence-corrected chi connectivity index (χ0v) is 18.4. The molecule has 4 aromatic rings. The Hall–Kier alpha value is -3.32. The van der Waals surface area contributed by atoms with E-state index in [0.29, 0.717) is 30.3 Å². The number of aryl methyl sites for hydroxylation is 3. The van der Waals surface area contributed by atoms with Crippen LogP contribution in [0.15, 0.2) is 40.3 Å². The summed E-state index contributed by atoms with van der Waals surface area (Å²) in [5, 5.41) is 4.75. The summed E-state index contributed by atoms with van der Waals surface area (Å²) in [5.74, 6) is -0.0123. The molecule has 1 amide bonds. The van der Waals surface area contributed by atoms with Gasteiger partial charge in [0, 0.05) is 24.2 Å². The number of rotatable bonds is 6. The Morgan fingerprint density at radius 1 is 1.32 bits per heavy atom. The van der Waals surface area contributed by atoms with Crippen LogP contribution in [0.1, 0.15) is 32.9 Å². The van der Waals surface area contributed by atoms with E-state index in [1.807, 2.05) is 26.0 Å². The smallest absolute Gasteiger partial charge is 0.265 e. The molecule has 0 aliphatic carbocycles. The van der Waals surface area contributed by atoms with E-state index in [4.69, 9.17) is 16.0 Å². The molecule has 0 fully saturated rings. The number of nitrogens with one attached hydrogen (secondary N) is 2. The molecular weight excluding hydrogens is 416 g/mol. The van der Waals surface area contributed by atoms with Crippen molar-refractivity contribution in [2.45, 2.75) is 33.7 Å². The summed E-state index contributed by atoms with van der Waals surface area (Å²) in [7, 11) is 0. The number of aromatic nitrogens is 3. The summed E-state index contributed by atoms with van der Waals surface area (Å²) in [6.45, 7) is 10.00. The van der Waals surface area contributed by atoms with Gasteiger partial charge in [-0.2, -0.15) is 0 Å². The van der Waals surface area contributed by atoms with Gasteiger partial charge in [0.1, 0.15) is 17.5 Å². The van der Waals surface area contributed by atoms with E-state index in [2.05, 4.69) is 21.9 Å². The van der Waals surface area contributed by atoms with E-state index in [1.165, 1.54) is 10.9 Å². The van der Waals surface area contributed by atoms with Crippen LogP contribution >= 0.6 is 11.6 Å². The van der Waals surface area contributed by atoms with Crippen molar-refractivity contribution in [3.8, 4) is 0 Å². The summed E-state index contributed by atoms with van der Waals surface area (Å²) < 4.78 is 6.95. The Kier molecular flexibility index (Phi) is 5.45. The Morgan fingerprint density at radius 3 is 2.84 bits per heavy atom. The first-order valence-corrected chi connectivity index (χ1v) is 10.3. The molecule has 1 aromatic carbocycles. The predicted molar refractivity (Wildman–Crippen MR) is 122 cm³/mol. The Labute approximate surface area is 183 Å². The highest BCUT2D eigenvalue weighted by atomic mass is 35.5. The molecule has 0 atom stereocenters. The molecule has 0 aliphatic heterocycles. The molecule has 0 unspecified atom stereocenters. The fourth-order valence-electron chi connectivity index (χ4n) is 3.97. The number of hydrogen-bond acceptors (Lipinski definition) is 4. The van der Waals surface area contributed by atoms with Gasteiger partial charge in [-0.25, -0.2) is 4.98 Å². The summed E-state index contributed by atoms with van der Waals surface area (Å²) in [6.07, 6.45) is 3.58. The normalized spacial score (nSPS) is 11.4. The second kappa shape index (κ2) is 8.07. The minimum atomic E-state index is -0.369. The Balaban J connectivity index is 1.61. The highest BCUT2D eigenvalue weighted by Gasteiger charge is 2.23. The number of amides is 1. The zero-order valence-electron chi connectivity index (χ0n) is 17.6. The van der Waals surface area contributed by atoms with Gasteiger partial charge in [-0.05, 0) is 44.4 Å². The van der Waals surface area contributed by atoms with E-state index in [9.17, 15) is 9.59 Å². The highest BCUT2D eigenvalue weighted by molar-refractivity contribution is 6.35. The first kappa shape index (κ1) is 20.9. The number of allylic oxidation sites excluding steroid dienone is 1. The number of fused-ring (bicyclic) bond motifs is 2. The van der Waals surface area contributed by atoms with Crippen LogP contribution < -0.4 is 10.9 Å². The molecule has 2 N–H and O–H groups in total. The van der Waals surface area contributed by atoms with Crippen molar-refractivity contribution in [2.24, 2.45) is 0 Å². The lowest BCUT2D eigenvalue weighted by Gasteiger charge is -2.07. The fraction of sp³-hybridized carbons (Fsp3) is 0.261. The van der Waals surface area contributed by atoms with Gasteiger partial charge in [0.25, 0.3) is 11.5 Å². The van der Waals surface area contributed by atoms with Gasteiger partial charge in [0.2, 0.25) is 5.71 Å². The van der Waals surface area contributed by atoms with Gasteiger partial charge in [-0.1, -0.05) is 23.7 Å². The number of hydrogen-bond donors (Lipinski definition) is 2. The van der Waals surface area contributed by atoms with Crippen LogP contribution in [0.25, 0.3) is 22.0 Å². The average Bonchev–Trinajstić information content (AvgIpc) is 3.25. The second-order valence-corrected chi connectivity index (χ2v) is 7.96. The monoisotopic (exact) mass is 438 g/mol. The van der Waals surface area contributed by atoms with E-state index >= 15 is 0 Å². The van der Waals surface area contributed by atoms with Crippen LogP contribution in [0.4, 0.5) is 0 Å². The molecule has 3 heterocycles. The van der Waals surface area contributed by atoms with Crippen LogP contribution in [0, 0.1) is 20.8 Å². The lowest BCUT2D eigenvalue weighted by Crippen LogP contribution is -2.28. The van der Waals surface area contributed by atoms with E-state index < -0.39 is 0 Å². The van der Waals surface area contributed by atoms with Crippen LogP contribution in [-0.4, -0.2) is 27.0 Å². The highest BCUT2D eigenvalue weighted by Crippen LogP contribution is 2.31. The fourth-order valence-corrected chi connectivity index (χ4v) is 4.24. The lowest BCUT2D eigenvalue weighted by atomic mass is 10.1. The maximum absolute atomic E-state index is 13.0. The summed E-state index contributed by atoms with van der Waals surface area (Å²) >= 11 is 6.44. The zero-order chi connectivity index (χ0) is 22.3. The van der Waals surface area contributed by atoms with Gasteiger partial charge in [-0.15, -0.1) is 6.58 Å². The largest absolute Gasteiger partial charge is 0.442 e. The number of furan rings is 1. The van der Waals surface area contributed by atoms with Gasteiger partial charge >= 0.3 is 0 Å². The lowest BCUT2D eigenvalue weighted by molar-refractivity contribution is 0.0954. The predicted octanol–water partition coefficient (Wildman–Crippen LogP) is 4.21. The Morgan fingerprint density at radius 2 is 2.10 bits per heavy atom. The maximum Gasteiger partial charge on any atom is 0.265 e. The molecule has 8 heteroatoms. The van der Waals surface area contributed by atoms with E-state index in [1.54, 1.807) is 13.0 Å². The second-order valence-electron chi connectivity index (χ2n) is 7.55. The van der Waals surface area contributed by atoms with Crippen molar-refractivity contribution in [2.75, 3.05) is 6.54 Å². The molecule has 0 saturated heterocycles. The molecule has 160 valence electrons. The summed E-state index contributed by atoms with van der Waals surface area (Å²) in [5.41, 5.74) is 4.24. The van der Waals surface area contributed by atoms with Crippen molar-refractivity contribution in [1.29, 1.82) is 0 Å². The molecule has 0 radical (unpaired) electrons. The molecule has 0 bridgehead atoms. The van der Waals surface area contributed by atoms with E-state index in [0.717, 1.165) is 27.7 Å².